The molecule has 1 amide bonds. The van der Waals surface area contributed by atoms with Crippen molar-refractivity contribution in [3.63, 3.8) is 0 Å². The molecule has 0 aliphatic heterocycles. The third kappa shape index (κ3) is 8.19. The van der Waals surface area contributed by atoms with Crippen LogP contribution in [0, 0.1) is 0 Å². The van der Waals surface area contributed by atoms with Crippen molar-refractivity contribution in [2.24, 2.45) is 0 Å². The molecule has 0 unspecified atom stereocenters. The number of aliphatic carboxylic acids is 1. The van der Waals surface area contributed by atoms with E-state index < -0.39 is 23.7 Å². The van der Waals surface area contributed by atoms with Gasteiger partial charge in [-0.25, -0.2) is 9.59 Å². The number of alkyl carbamates (subject to hydrolysis) is 1. The lowest BCUT2D eigenvalue weighted by Gasteiger charge is -2.21. The molecule has 2 N–H and O–H groups in total. The third-order valence-electron chi connectivity index (χ3n) is 3.27. The predicted octanol–water partition coefficient (Wildman–Crippen LogP) is 2.56. The van der Waals surface area contributed by atoms with Crippen molar-refractivity contribution < 1.29 is 29.0 Å². The second kappa shape index (κ2) is 9.05. The molecule has 1 aromatic carbocycles. The summed E-state index contributed by atoms with van der Waals surface area (Å²) in [6.07, 6.45) is -0.471. The second-order valence-electron chi connectivity index (χ2n) is 6.63. The number of carboxylic acid groups (broad SMARTS) is 1. The van der Waals surface area contributed by atoms with Crippen molar-refractivity contribution in [2.75, 3.05) is 7.11 Å². The lowest BCUT2D eigenvalue weighted by atomic mass is 10.0. The Morgan fingerprint density at radius 2 is 1.76 bits per heavy atom. The zero-order valence-electron chi connectivity index (χ0n) is 15.0. The summed E-state index contributed by atoms with van der Waals surface area (Å²) in [5, 5.41) is 11.4. The van der Waals surface area contributed by atoms with Crippen molar-refractivity contribution in [1.29, 1.82) is 0 Å². The van der Waals surface area contributed by atoms with E-state index in [9.17, 15) is 19.5 Å². The average molecular weight is 351 g/mol. The summed E-state index contributed by atoms with van der Waals surface area (Å²) in [6.45, 7) is 5.01. The summed E-state index contributed by atoms with van der Waals surface area (Å²) in [5.74, 6) is -0.800. The highest BCUT2D eigenvalue weighted by molar-refractivity contribution is 5.88. The van der Waals surface area contributed by atoms with Crippen molar-refractivity contribution in [3.05, 3.63) is 29.8 Å². The Morgan fingerprint density at radius 3 is 2.24 bits per heavy atom. The number of ketones is 1. The van der Waals surface area contributed by atoms with Crippen LogP contribution in [-0.2, 0) is 20.7 Å². The maximum Gasteiger partial charge on any atom is 0.408 e. The average Bonchev–Trinajstić information content (AvgIpc) is 2.51. The number of hydrogen-bond donors (Lipinski definition) is 2. The SMILES string of the molecule is COc1ccc(CCC(=O)C[C@@H](NC(=O)OC(C)(C)C)C(=O)O)cc1. The molecule has 0 saturated heterocycles. The molecule has 25 heavy (non-hydrogen) atoms. The van der Waals surface area contributed by atoms with Gasteiger partial charge in [-0.2, -0.15) is 0 Å². The largest absolute Gasteiger partial charge is 0.497 e. The standard InChI is InChI=1S/C18H25NO6/c1-18(2,3)25-17(23)19-15(16(21)22)11-13(20)8-5-12-6-9-14(24-4)10-7-12/h6-7,9-10,15H,5,8,11H2,1-4H3,(H,19,23)(H,21,22)/t15-/m1/s1. The Bertz CT molecular complexity index is 603. The number of Topliss-reactive ketones (excluding diaryl/α,β-unsaturated/α-hetero) is 1. The van der Waals surface area contributed by atoms with Crippen LogP contribution in [0.4, 0.5) is 4.79 Å². The summed E-state index contributed by atoms with van der Waals surface area (Å²) >= 11 is 0. The van der Waals surface area contributed by atoms with Gasteiger partial charge in [0, 0.05) is 12.8 Å². The topological polar surface area (TPSA) is 102 Å². The van der Waals surface area contributed by atoms with Gasteiger partial charge in [-0.05, 0) is 44.9 Å². The first-order chi connectivity index (χ1) is 11.6. The van der Waals surface area contributed by atoms with E-state index in [0.29, 0.717) is 6.42 Å². The Hall–Kier alpha value is -2.57. The van der Waals surface area contributed by atoms with Crippen LogP contribution in [0.1, 0.15) is 39.2 Å². The van der Waals surface area contributed by atoms with Crippen LogP contribution in [0.5, 0.6) is 5.75 Å². The van der Waals surface area contributed by atoms with Gasteiger partial charge in [0.25, 0.3) is 0 Å². The van der Waals surface area contributed by atoms with Gasteiger partial charge in [-0.15, -0.1) is 0 Å². The fourth-order valence-electron chi connectivity index (χ4n) is 2.06. The second-order valence-corrected chi connectivity index (χ2v) is 6.63. The van der Waals surface area contributed by atoms with Crippen LogP contribution in [0.25, 0.3) is 0 Å². The molecule has 0 aliphatic carbocycles. The van der Waals surface area contributed by atoms with Gasteiger partial charge in [0.1, 0.15) is 23.2 Å². The number of amides is 1. The van der Waals surface area contributed by atoms with Gasteiger partial charge in [0.05, 0.1) is 7.11 Å². The van der Waals surface area contributed by atoms with E-state index in [1.807, 2.05) is 12.1 Å². The highest BCUT2D eigenvalue weighted by Gasteiger charge is 2.25. The van der Waals surface area contributed by atoms with Gasteiger partial charge in [0.15, 0.2) is 0 Å². The summed E-state index contributed by atoms with van der Waals surface area (Å²) in [4.78, 5) is 35.0. The number of aryl methyl sites for hydroxylation is 1. The van der Waals surface area contributed by atoms with E-state index in [0.717, 1.165) is 11.3 Å². The van der Waals surface area contributed by atoms with Gasteiger partial charge in [-0.1, -0.05) is 12.1 Å². The minimum atomic E-state index is -1.31. The molecule has 1 rings (SSSR count). The zero-order valence-corrected chi connectivity index (χ0v) is 15.0. The number of methoxy groups -OCH3 is 1. The molecular weight excluding hydrogens is 326 g/mol. The van der Waals surface area contributed by atoms with E-state index in [4.69, 9.17) is 9.47 Å². The number of carbonyl (C=O) groups is 3. The minimum Gasteiger partial charge on any atom is -0.497 e. The molecule has 0 spiro atoms. The van der Waals surface area contributed by atoms with E-state index >= 15 is 0 Å². The first-order valence-corrected chi connectivity index (χ1v) is 7.97. The molecule has 0 bridgehead atoms. The van der Waals surface area contributed by atoms with Gasteiger partial charge in [-0.3, -0.25) is 4.79 Å². The molecular formula is C18H25NO6. The fourth-order valence-corrected chi connectivity index (χ4v) is 2.06. The van der Waals surface area contributed by atoms with E-state index in [-0.39, 0.29) is 18.6 Å². The quantitative estimate of drug-likeness (QED) is 0.746. The molecule has 0 aromatic heterocycles. The lowest BCUT2D eigenvalue weighted by Crippen LogP contribution is -2.44. The number of nitrogens with one attached hydrogen (secondary N) is 1. The summed E-state index contributed by atoms with van der Waals surface area (Å²) in [6, 6.07) is 5.98. The molecule has 0 radical (unpaired) electrons. The van der Waals surface area contributed by atoms with Crippen LogP contribution >= 0.6 is 0 Å². The number of carboxylic acids is 1. The Morgan fingerprint density at radius 1 is 1.16 bits per heavy atom. The Balaban J connectivity index is 2.52. The maximum atomic E-state index is 12.0. The summed E-state index contributed by atoms with van der Waals surface area (Å²) in [5.41, 5.74) is 0.201. The molecule has 0 heterocycles. The van der Waals surface area contributed by atoms with Crippen molar-refractivity contribution >= 4 is 17.8 Å². The van der Waals surface area contributed by atoms with Gasteiger partial charge in [0.2, 0.25) is 0 Å². The highest BCUT2D eigenvalue weighted by Crippen LogP contribution is 2.13. The molecule has 1 aromatic rings. The van der Waals surface area contributed by atoms with E-state index in [1.54, 1.807) is 40.0 Å². The highest BCUT2D eigenvalue weighted by atomic mass is 16.6. The van der Waals surface area contributed by atoms with Crippen molar-refractivity contribution in [2.45, 2.75) is 51.7 Å². The van der Waals surface area contributed by atoms with Crippen LogP contribution in [-0.4, -0.2) is 41.7 Å². The number of hydrogen-bond acceptors (Lipinski definition) is 5. The number of carbonyl (C=O) groups excluding carboxylic acids is 2. The predicted molar refractivity (Wildman–Crippen MR) is 91.7 cm³/mol. The number of rotatable bonds is 8. The smallest absolute Gasteiger partial charge is 0.408 e. The molecule has 7 nitrogen and oxygen atoms in total. The fraction of sp³-hybridized carbons (Fsp3) is 0.500. The van der Waals surface area contributed by atoms with E-state index in [2.05, 4.69) is 5.32 Å². The summed E-state index contributed by atoms with van der Waals surface area (Å²) < 4.78 is 10.1. The Labute approximate surface area is 147 Å². The molecule has 7 heteroatoms. The van der Waals surface area contributed by atoms with Crippen LogP contribution < -0.4 is 10.1 Å². The first kappa shape index (κ1) is 20.5. The van der Waals surface area contributed by atoms with Crippen LogP contribution in [0.2, 0.25) is 0 Å². The van der Waals surface area contributed by atoms with E-state index in [1.165, 1.54) is 0 Å². The van der Waals surface area contributed by atoms with Gasteiger partial charge >= 0.3 is 12.1 Å². The minimum absolute atomic E-state index is 0.187. The first-order valence-electron chi connectivity index (χ1n) is 7.97. The normalized spacial score (nSPS) is 12.2. The molecule has 0 aliphatic rings. The van der Waals surface area contributed by atoms with Crippen LogP contribution in [0.3, 0.4) is 0 Å². The number of benzene rings is 1. The third-order valence-corrected chi connectivity index (χ3v) is 3.27. The van der Waals surface area contributed by atoms with Crippen molar-refractivity contribution in [3.8, 4) is 5.75 Å². The molecule has 0 saturated carbocycles. The zero-order chi connectivity index (χ0) is 19.0. The Kier molecular flexibility index (Phi) is 7.42. The maximum absolute atomic E-state index is 12.0. The molecule has 0 fully saturated rings. The molecule has 138 valence electrons. The van der Waals surface area contributed by atoms with Crippen molar-refractivity contribution in [1.82, 2.24) is 5.32 Å². The molecule has 1 atom stereocenters. The monoisotopic (exact) mass is 351 g/mol. The lowest BCUT2D eigenvalue weighted by molar-refractivity contribution is -0.141. The number of ether oxygens (including phenoxy) is 2. The van der Waals surface area contributed by atoms with Crippen LogP contribution in [0.15, 0.2) is 24.3 Å². The van der Waals surface area contributed by atoms with Gasteiger partial charge < -0.3 is 19.9 Å². The summed E-state index contributed by atoms with van der Waals surface area (Å²) in [7, 11) is 1.57.